The van der Waals surface area contributed by atoms with E-state index in [4.69, 9.17) is 4.74 Å². The monoisotopic (exact) mass is 298 g/mol. The number of nitrogens with one attached hydrogen (secondary N) is 1. The van der Waals surface area contributed by atoms with Crippen LogP contribution in [0.2, 0.25) is 0 Å². The first-order valence-electron chi connectivity index (χ1n) is 5.94. The van der Waals surface area contributed by atoms with E-state index in [0.717, 1.165) is 0 Å². The van der Waals surface area contributed by atoms with E-state index in [1.165, 1.54) is 19.1 Å². The summed E-state index contributed by atoms with van der Waals surface area (Å²) in [6, 6.07) is 12.5. The van der Waals surface area contributed by atoms with E-state index in [1.807, 2.05) is 0 Å². The van der Waals surface area contributed by atoms with Gasteiger partial charge in [0, 0.05) is 30.0 Å². The molecular formula is C15H13AlNO4. The quantitative estimate of drug-likeness (QED) is 0.517. The highest BCUT2D eigenvalue weighted by Crippen LogP contribution is 2.20. The second-order valence-electron chi connectivity index (χ2n) is 4.11. The van der Waals surface area contributed by atoms with Crippen LogP contribution in [0.15, 0.2) is 48.5 Å². The summed E-state index contributed by atoms with van der Waals surface area (Å²) in [6.45, 7) is 1.41. The molecule has 0 aliphatic rings. The molecule has 0 fully saturated rings. The van der Waals surface area contributed by atoms with Crippen LogP contribution < -0.4 is 10.1 Å². The normalized spacial score (nSPS) is 9.38. The van der Waals surface area contributed by atoms with Gasteiger partial charge in [-0.1, -0.05) is 12.1 Å². The van der Waals surface area contributed by atoms with Crippen LogP contribution in [0.5, 0.6) is 11.5 Å². The van der Waals surface area contributed by atoms with E-state index < -0.39 is 5.97 Å². The average Bonchev–Trinajstić information content (AvgIpc) is 2.41. The molecule has 3 radical (unpaired) electrons. The summed E-state index contributed by atoms with van der Waals surface area (Å²) in [5.41, 5.74) is 0.707. The molecule has 0 atom stereocenters. The number of carbonyl (C=O) groups excluding carboxylic acids is 2. The summed E-state index contributed by atoms with van der Waals surface area (Å²) in [4.78, 5) is 22.7. The summed E-state index contributed by atoms with van der Waals surface area (Å²) in [7, 11) is 0. The summed E-state index contributed by atoms with van der Waals surface area (Å²) in [6.07, 6.45) is 0. The van der Waals surface area contributed by atoms with Crippen molar-refractivity contribution in [1.29, 1.82) is 0 Å². The first-order chi connectivity index (χ1) is 9.56. The largest absolute Gasteiger partial charge is 0.507 e. The fourth-order valence-electron chi connectivity index (χ4n) is 1.62. The highest BCUT2D eigenvalue weighted by atomic mass is 27.0. The third-order valence-electron chi connectivity index (χ3n) is 2.51. The van der Waals surface area contributed by atoms with E-state index in [2.05, 4.69) is 5.32 Å². The maximum atomic E-state index is 11.8. The Morgan fingerprint density at radius 3 is 2.24 bits per heavy atom. The Morgan fingerprint density at radius 1 is 1.05 bits per heavy atom. The number of hydrogen-bond acceptors (Lipinski definition) is 4. The van der Waals surface area contributed by atoms with E-state index in [9.17, 15) is 14.7 Å². The molecule has 0 heterocycles. The lowest BCUT2D eigenvalue weighted by Crippen LogP contribution is -2.09. The number of phenols is 1. The number of phenolic OH excluding ortho intramolecular Hbond substituents is 1. The highest BCUT2D eigenvalue weighted by molar-refractivity contribution is 5.94. The van der Waals surface area contributed by atoms with Gasteiger partial charge in [0.15, 0.2) is 0 Å². The first kappa shape index (κ1) is 16.8. The van der Waals surface area contributed by atoms with Crippen molar-refractivity contribution < 1.29 is 19.4 Å². The fraction of sp³-hybridized carbons (Fsp3) is 0.0667. The predicted molar refractivity (Wildman–Crippen MR) is 79.6 cm³/mol. The zero-order valence-corrected chi connectivity index (χ0v) is 12.5. The maximum Gasteiger partial charge on any atom is 0.347 e. The zero-order valence-electron chi connectivity index (χ0n) is 11.4. The van der Waals surface area contributed by atoms with Gasteiger partial charge in [0.2, 0.25) is 5.91 Å². The molecule has 2 N–H and O–H groups in total. The Morgan fingerprint density at radius 2 is 1.67 bits per heavy atom. The van der Waals surface area contributed by atoms with Crippen LogP contribution in [0.1, 0.15) is 17.3 Å². The van der Waals surface area contributed by atoms with Gasteiger partial charge in [0.1, 0.15) is 17.1 Å². The minimum absolute atomic E-state index is 0. The van der Waals surface area contributed by atoms with Crippen molar-refractivity contribution in [3.63, 3.8) is 0 Å². The van der Waals surface area contributed by atoms with Crippen LogP contribution in [-0.2, 0) is 4.79 Å². The van der Waals surface area contributed by atoms with Gasteiger partial charge in [0.05, 0.1) is 0 Å². The van der Waals surface area contributed by atoms with Crippen molar-refractivity contribution in [3.8, 4) is 11.5 Å². The molecule has 0 saturated heterocycles. The van der Waals surface area contributed by atoms with Gasteiger partial charge < -0.3 is 15.2 Å². The Kier molecular flexibility index (Phi) is 5.97. The van der Waals surface area contributed by atoms with Crippen LogP contribution >= 0.6 is 0 Å². The third kappa shape index (κ3) is 4.64. The number of hydrogen-bond donors (Lipinski definition) is 2. The lowest BCUT2D eigenvalue weighted by Gasteiger charge is -2.07. The predicted octanol–water partition coefficient (Wildman–Crippen LogP) is 2.19. The van der Waals surface area contributed by atoms with Crippen molar-refractivity contribution in [2.75, 3.05) is 5.32 Å². The van der Waals surface area contributed by atoms with E-state index in [1.54, 1.807) is 36.4 Å². The molecule has 6 heteroatoms. The Labute approximate surface area is 132 Å². The zero-order chi connectivity index (χ0) is 14.5. The standard InChI is InChI=1S/C15H13NO4.Al/c1-10(17)16-11-6-8-12(9-7-11)20-15(19)13-4-2-3-5-14(13)18;/h2-9,18H,1H3,(H,16,17);. The highest BCUT2D eigenvalue weighted by Gasteiger charge is 2.12. The Hall–Kier alpha value is -2.29. The Balaban J connectivity index is 0.00000220. The number of rotatable bonds is 3. The number of ether oxygens (including phenoxy) is 1. The molecule has 0 aromatic heterocycles. The van der Waals surface area contributed by atoms with Crippen molar-refractivity contribution in [2.45, 2.75) is 6.92 Å². The molecule has 0 aliphatic heterocycles. The molecule has 5 nitrogen and oxygen atoms in total. The van der Waals surface area contributed by atoms with Crippen LogP contribution in [0, 0.1) is 0 Å². The molecule has 0 spiro atoms. The number of benzene rings is 2. The van der Waals surface area contributed by atoms with Gasteiger partial charge >= 0.3 is 5.97 Å². The van der Waals surface area contributed by atoms with Gasteiger partial charge in [-0.3, -0.25) is 4.79 Å². The number of esters is 1. The number of aromatic hydroxyl groups is 1. The van der Waals surface area contributed by atoms with Crippen LogP contribution in [0.25, 0.3) is 0 Å². The summed E-state index contributed by atoms with van der Waals surface area (Å²) >= 11 is 0. The Bertz CT molecular complexity index is 640. The molecule has 21 heavy (non-hydrogen) atoms. The maximum absolute atomic E-state index is 11.8. The molecule has 0 bridgehead atoms. The van der Waals surface area contributed by atoms with Gasteiger partial charge in [0.25, 0.3) is 0 Å². The number of amides is 1. The van der Waals surface area contributed by atoms with Crippen LogP contribution in [0.3, 0.4) is 0 Å². The summed E-state index contributed by atoms with van der Waals surface area (Å²) < 4.78 is 5.13. The molecular weight excluding hydrogens is 285 g/mol. The van der Waals surface area contributed by atoms with Crippen molar-refractivity contribution >= 4 is 34.9 Å². The third-order valence-corrected chi connectivity index (χ3v) is 2.51. The summed E-state index contributed by atoms with van der Waals surface area (Å²) in [5.74, 6) is -0.626. The van der Waals surface area contributed by atoms with Crippen molar-refractivity contribution in [2.24, 2.45) is 0 Å². The van der Waals surface area contributed by atoms with Crippen molar-refractivity contribution in [3.05, 3.63) is 54.1 Å². The second-order valence-corrected chi connectivity index (χ2v) is 4.11. The number of carbonyl (C=O) groups is 2. The minimum Gasteiger partial charge on any atom is -0.507 e. The van der Waals surface area contributed by atoms with Crippen molar-refractivity contribution in [1.82, 2.24) is 0 Å². The minimum atomic E-state index is -0.643. The van der Waals surface area contributed by atoms with Gasteiger partial charge in [-0.15, -0.1) is 0 Å². The van der Waals surface area contributed by atoms with E-state index >= 15 is 0 Å². The topological polar surface area (TPSA) is 75.6 Å². The lowest BCUT2D eigenvalue weighted by atomic mass is 10.2. The molecule has 1 amide bonds. The molecule has 0 unspecified atom stereocenters. The molecule has 105 valence electrons. The van der Waals surface area contributed by atoms with E-state index in [0.29, 0.717) is 11.4 Å². The lowest BCUT2D eigenvalue weighted by molar-refractivity contribution is -0.114. The molecule has 0 saturated carbocycles. The fourth-order valence-corrected chi connectivity index (χ4v) is 1.62. The van der Waals surface area contributed by atoms with Gasteiger partial charge in [-0.05, 0) is 36.4 Å². The first-order valence-corrected chi connectivity index (χ1v) is 5.94. The molecule has 2 aromatic carbocycles. The average molecular weight is 298 g/mol. The van der Waals surface area contributed by atoms with Crippen LogP contribution in [-0.4, -0.2) is 34.3 Å². The number of anilines is 1. The molecule has 2 aromatic rings. The van der Waals surface area contributed by atoms with Crippen LogP contribution in [0.4, 0.5) is 5.69 Å². The SMILES string of the molecule is CC(=O)Nc1ccc(OC(=O)c2ccccc2O)cc1.[Al]. The second kappa shape index (κ2) is 7.48. The van der Waals surface area contributed by atoms with E-state index in [-0.39, 0.29) is 34.6 Å². The smallest absolute Gasteiger partial charge is 0.347 e. The van der Waals surface area contributed by atoms with Gasteiger partial charge in [-0.25, -0.2) is 4.79 Å². The molecule has 0 aliphatic carbocycles. The molecule has 2 rings (SSSR count). The number of para-hydroxylation sites is 1. The van der Waals surface area contributed by atoms with Gasteiger partial charge in [-0.2, -0.15) is 0 Å². The summed E-state index contributed by atoms with van der Waals surface area (Å²) in [5, 5.41) is 12.2.